The zero-order valence-electron chi connectivity index (χ0n) is 29.9. The summed E-state index contributed by atoms with van der Waals surface area (Å²) in [6.45, 7) is 15.9. The van der Waals surface area contributed by atoms with Gasteiger partial charge in [-0.05, 0) is 98.9 Å². The Labute approximate surface area is 281 Å². The molecule has 2 aromatic rings. The fourth-order valence-corrected chi connectivity index (χ4v) is 7.25. The van der Waals surface area contributed by atoms with Crippen molar-refractivity contribution in [1.29, 1.82) is 4.78 Å². The summed E-state index contributed by atoms with van der Waals surface area (Å²) in [5, 5.41) is 0. The van der Waals surface area contributed by atoms with E-state index < -0.39 is 32.9 Å². The van der Waals surface area contributed by atoms with Crippen LogP contribution in [-0.2, 0) is 24.9 Å². The number of hydrogen-bond acceptors (Lipinski definition) is 5. The lowest BCUT2D eigenvalue weighted by molar-refractivity contribution is -0.124. The average molecular weight is 675 g/mol. The van der Waals surface area contributed by atoms with Crippen molar-refractivity contribution >= 4 is 21.6 Å². The summed E-state index contributed by atoms with van der Waals surface area (Å²) >= 11 is 0. The van der Waals surface area contributed by atoms with Crippen molar-refractivity contribution in [1.82, 2.24) is 4.72 Å². The van der Waals surface area contributed by atoms with E-state index in [1.165, 1.54) is 0 Å². The van der Waals surface area contributed by atoms with Crippen LogP contribution in [0.1, 0.15) is 130 Å². The second kappa shape index (κ2) is 15.6. The van der Waals surface area contributed by atoms with Gasteiger partial charge in [-0.25, -0.2) is 17.8 Å². The van der Waals surface area contributed by atoms with Gasteiger partial charge in [0.2, 0.25) is 5.91 Å². The van der Waals surface area contributed by atoms with E-state index in [1.54, 1.807) is 38.1 Å². The molecule has 0 radical (unpaired) electrons. The largest absolute Gasteiger partial charge is 0.490 e. The summed E-state index contributed by atoms with van der Waals surface area (Å²) in [4.78, 5) is 26.2. The van der Waals surface area contributed by atoms with E-state index in [-0.39, 0.29) is 29.3 Å². The summed E-state index contributed by atoms with van der Waals surface area (Å²) in [5.74, 6) is -1.40. The highest BCUT2D eigenvalue weighted by Gasteiger charge is 2.35. The molecule has 4 rings (SSSR count). The predicted octanol–water partition coefficient (Wildman–Crippen LogP) is 9.88. The minimum Gasteiger partial charge on any atom is -0.490 e. The first-order valence-corrected chi connectivity index (χ1v) is 19.3. The molecule has 2 aliphatic rings. The molecule has 0 bridgehead atoms. The molecular formula is C38H56F2N2O4S. The van der Waals surface area contributed by atoms with Crippen LogP contribution in [0.25, 0.3) is 11.1 Å². The van der Waals surface area contributed by atoms with Crippen LogP contribution in [0.5, 0.6) is 5.75 Å². The van der Waals surface area contributed by atoms with Gasteiger partial charge in [0.25, 0.3) is 0 Å². The van der Waals surface area contributed by atoms with E-state index >= 15 is 4.39 Å². The Morgan fingerprint density at radius 1 is 1.04 bits per heavy atom. The Hall–Kier alpha value is -2.81. The van der Waals surface area contributed by atoms with Gasteiger partial charge < -0.3 is 4.74 Å². The molecule has 0 aliphatic heterocycles. The molecule has 2 N–H and O–H groups in total. The summed E-state index contributed by atoms with van der Waals surface area (Å²) < 4.78 is 58.6. The number of ketones is 1. The van der Waals surface area contributed by atoms with Gasteiger partial charge in [-0.3, -0.25) is 14.3 Å². The fourth-order valence-electron chi connectivity index (χ4n) is 6.64. The second-order valence-electron chi connectivity index (χ2n) is 14.8. The zero-order chi connectivity index (χ0) is 35.3. The first-order chi connectivity index (χ1) is 21.9. The number of amides is 1. The SMILES string of the molecule is CC.CCC(C)(C)C[C@H](C)C(=O)C[C@@H]1CC[C@@H](Oc2ccc(C(C)(C)C(=O)NS(C)(=N)=O)cc2-c2ccc(F)c(F)c2C2CCC2)C1. The van der Waals surface area contributed by atoms with Crippen molar-refractivity contribution in [2.45, 2.75) is 131 Å². The van der Waals surface area contributed by atoms with Gasteiger partial charge in [-0.2, -0.15) is 0 Å². The Balaban J connectivity index is 0.00000294. The number of rotatable bonds is 13. The second-order valence-corrected chi connectivity index (χ2v) is 16.7. The molecule has 2 saturated carbocycles. The van der Waals surface area contributed by atoms with Crippen LogP contribution in [-0.4, -0.2) is 28.3 Å². The monoisotopic (exact) mass is 674 g/mol. The lowest BCUT2D eigenvalue weighted by Crippen LogP contribution is -2.42. The maximum atomic E-state index is 15.4. The van der Waals surface area contributed by atoms with Crippen LogP contribution < -0.4 is 9.46 Å². The van der Waals surface area contributed by atoms with E-state index in [9.17, 15) is 18.2 Å². The molecule has 1 unspecified atom stereocenters. The molecule has 4 atom stereocenters. The minimum absolute atomic E-state index is 0.00838. The van der Waals surface area contributed by atoms with E-state index in [1.807, 2.05) is 20.8 Å². The topological polar surface area (TPSA) is 96.3 Å². The highest BCUT2D eigenvalue weighted by atomic mass is 32.2. The normalized spacial score (nSPS) is 20.3. The first kappa shape index (κ1) is 38.6. The molecule has 2 fully saturated rings. The summed E-state index contributed by atoms with van der Waals surface area (Å²) in [6, 6.07) is 8.02. The van der Waals surface area contributed by atoms with E-state index in [0.717, 1.165) is 63.7 Å². The number of benzene rings is 2. The van der Waals surface area contributed by atoms with Gasteiger partial charge in [-0.15, -0.1) is 0 Å². The maximum absolute atomic E-state index is 15.4. The minimum atomic E-state index is -3.29. The number of hydrogen-bond donors (Lipinski definition) is 2. The smallest absolute Gasteiger partial charge is 0.242 e. The number of carbonyl (C=O) groups excluding carboxylic acids is 2. The van der Waals surface area contributed by atoms with E-state index in [4.69, 9.17) is 9.52 Å². The van der Waals surface area contributed by atoms with Crippen molar-refractivity contribution < 1.29 is 27.3 Å². The van der Waals surface area contributed by atoms with Crippen LogP contribution in [0.2, 0.25) is 0 Å². The van der Waals surface area contributed by atoms with Crippen molar-refractivity contribution in [2.24, 2.45) is 17.3 Å². The summed E-state index contributed by atoms with van der Waals surface area (Å²) in [7, 11) is -3.29. The molecule has 2 aliphatic carbocycles. The van der Waals surface area contributed by atoms with Gasteiger partial charge in [0.15, 0.2) is 11.6 Å². The number of carbonyl (C=O) groups is 2. The Bertz CT molecular complexity index is 1530. The zero-order valence-corrected chi connectivity index (χ0v) is 30.7. The quantitative estimate of drug-likeness (QED) is 0.221. The van der Waals surface area contributed by atoms with Gasteiger partial charge >= 0.3 is 0 Å². The third-order valence-electron chi connectivity index (χ3n) is 10.1. The third kappa shape index (κ3) is 9.64. The molecule has 0 aromatic heterocycles. The highest BCUT2D eigenvalue weighted by Crippen LogP contribution is 2.47. The summed E-state index contributed by atoms with van der Waals surface area (Å²) in [5.41, 5.74) is 0.935. The van der Waals surface area contributed by atoms with Crippen molar-refractivity contribution in [2.75, 3.05) is 6.26 Å². The van der Waals surface area contributed by atoms with Crippen LogP contribution in [0.4, 0.5) is 8.78 Å². The molecular weight excluding hydrogens is 618 g/mol. The summed E-state index contributed by atoms with van der Waals surface area (Å²) in [6.07, 6.45) is 8.28. The first-order valence-electron chi connectivity index (χ1n) is 17.3. The van der Waals surface area contributed by atoms with Crippen LogP contribution in [0, 0.1) is 33.7 Å². The van der Waals surface area contributed by atoms with Gasteiger partial charge in [0.05, 0.1) is 11.5 Å². The number of ether oxygens (including phenoxy) is 1. The fraction of sp³-hybridized carbons (Fsp3) is 0.632. The van der Waals surface area contributed by atoms with Gasteiger partial charge in [-0.1, -0.05) is 66.5 Å². The standard InChI is InChI=1S/C36H50F2N2O4S.C2H6/c1-8-35(3,4)21-22(2)30(41)19-23-12-14-26(18-23)44-31-17-13-25(36(5,6)34(42)40-45(7,39)43)20-28(31)27-15-16-29(37)33(38)32(27)24-10-9-11-24;1-2/h13,15-17,20,22-24,26H,8-12,14,18-19,21H2,1-7H3,(H2,39,40,42,43);1-2H3/t22-,23+,26+,45?;/m0./s1. The average Bonchev–Trinajstić information content (AvgIpc) is 3.41. The Morgan fingerprint density at radius 3 is 2.28 bits per heavy atom. The molecule has 0 spiro atoms. The third-order valence-corrected chi connectivity index (χ3v) is 10.7. The number of Topliss-reactive ketones (excluding diaryl/α,β-unsaturated/α-hetero) is 1. The van der Waals surface area contributed by atoms with Crippen molar-refractivity contribution in [3.63, 3.8) is 0 Å². The molecule has 6 nitrogen and oxygen atoms in total. The maximum Gasteiger partial charge on any atom is 0.242 e. The lowest BCUT2D eigenvalue weighted by Gasteiger charge is -2.30. The molecule has 2 aromatic carbocycles. The van der Waals surface area contributed by atoms with E-state index in [0.29, 0.717) is 40.2 Å². The number of halogens is 2. The Kier molecular flexibility index (Phi) is 12.8. The molecule has 1 amide bonds. The highest BCUT2D eigenvalue weighted by molar-refractivity contribution is 7.90. The lowest BCUT2D eigenvalue weighted by atomic mass is 9.76. The molecule has 262 valence electrons. The molecule has 9 heteroatoms. The van der Waals surface area contributed by atoms with Gasteiger partial charge in [0.1, 0.15) is 21.4 Å². The Morgan fingerprint density at radius 2 is 1.70 bits per heavy atom. The van der Waals surface area contributed by atoms with Gasteiger partial charge in [0, 0.05) is 29.7 Å². The molecule has 47 heavy (non-hydrogen) atoms. The van der Waals surface area contributed by atoms with Crippen LogP contribution >= 0.6 is 0 Å². The van der Waals surface area contributed by atoms with Crippen molar-refractivity contribution in [3.8, 4) is 16.9 Å². The van der Waals surface area contributed by atoms with Crippen LogP contribution in [0.3, 0.4) is 0 Å². The molecule has 0 saturated heterocycles. The van der Waals surface area contributed by atoms with E-state index in [2.05, 4.69) is 25.5 Å². The molecule has 0 heterocycles. The van der Waals surface area contributed by atoms with Crippen molar-refractivity contribution in [3.05, 3.63) is 53.1 Å². The predicted molar refractivity (Wildman–Crippen MR) is 187 cm³/mol. The number of nitrogens with one attached hydrogen (secondary N) is 2. The van der Waals surface area contributed by atoms with Crippen LogP contribution in [0.15, 0.2) is 30.3 Å².